The largest absolute Gasteiger partial charge is 0.0848 e. The van der Waals surface area contributed by atoms with E-state index in [0.717, 1.165) is 6.42 Å². The highest BCUT2D eigenvalue weighted by Crippen LogP contribution is 1.93. The summed E-state index contributed by atoms with van der Waals surface area (Å²) in [5, 5.41) is 0. The fourth-order valence-electron chi connectivity index (χ4n) is 1.62. The van der Waals surface area contributed by atoms with E-state index in [4.69, 9.17) is 0 Å². The summed E-state index contributed by atoms with van der Waals surface area (Å²) >= 11 is 0. The van der Waals surface area contributed by atoms with Gasteiger partial charge in [-0.15, -0.1) is 0 Å². The first-order valence-electron chi connectivity index (χ1n) is 8.55. The van der Waals surface area contributed by atoms with Crippen LogP contribution >= 0.6 is 0 Å². The van der Waals surface area contributed by atoms with Crippen LogP contribution in [-0.2, 0) is 0 Å². The number of allylic oxidation sites excluding steroid dienone is 4. The Morgan fingerprint density at radius 3 is 1.39 bits per heavy atom. The molecule has 0 N–H and O–H groups in total. The van der Waals surface area contributed by atoms with Crippen molar-refractivity contribution in [2.24, 2.45) is 0 Å². The average molecular weight is 309 g/mol. The fraction of sp³-hybridized carbons (Fsp3) is 0.304. The van der Waals surface area contributed by atoms with Crippen LogP contribution in [0.15, 0.2) is 85.0 Å². The molecule has 2 aromatic rings. The highest BCUT2D eigenvalue weighted by molar-refractivity contribution is 5.12. The molecule has 0 saturated carbocycles. The van der Waals surface area contributed by atoms with Gasteiger partial charge in [0, 0.05) is 0 Å². The predicted octanol–water partition coefficient (Wildman–Crippen LogP) is 7.30. The Morgan fingerprint density at radius 1 is 0.652 bits per heavy atom. The molecule has 124 valence electrons. The van der Waals surface area contributed by atoms with E-state index < -0.39 is 0 Å². The van der Waals surface area contributed by atoms with Crippen molar-refractivity contribution in [3.8, 4) is 0 Å². The smallest absolute Gasteiger partial charge is 0.0350 e. The van der Waals surface area contributed by atoms with Crippen molar-refractivity contribution in [3.05, 3.63) is 96.1 Å². The van der Waals surface area contributed by atoms with Crippen LogP contribution in [0.25, 0.3) is 0 Å². The van der Waals surface area contributed by atoms with Crippen LogP contribution in [-0.4, -0.2) is 0 Å². The Bertz CT molecular complexity index is 469. The lowest BCUT2D eigenvalue weighted by Gasteiger charge is -1.82. The SMILES string of the molecule is CC/C=C\C=C/CCC.Cc1ccccc1.Cc1ccccc1. The molecule has 0 nitrogen and oxygen atoms in total. The van der Waals surface area contributed by atoms with Gasteiger partial charge in [-0.2, -0.15) is 0 Å². The van der Waals surface area contributed by atoms with Gasteiger partial charge in [0.25, 0.3) is 0 Å². The third-order valence-electron chi connectivity index (χ3n) is 2.96. The Labute approximate surface area is 143 Å². The zero-order chi connectivity index (χ0) is 17.2. The van der Waals surface area contributed by atoms with Gasteiger partial charge in [-0.3, -0.25) is 0 Å². The van der Waals surface area contributed by atoms with Crippen LogP contribution in [0.3, 0.4) is 0 Å². The summed E-state index contributed by atoms with van der Waals surface area (Å²) in [6, 6.07) is 20.5. The Hall–Kier alpha value is -2.08. The van der Waals surface area contributed by atoms with Gasteiger partial charge in [0.1, 0.15) is 0 Å². The van der Waals surface area contributed by atoms with Gasteiger partial charge < -0.3 is 0 Å². The fourth-order valence-corrected chi connectivity index (χ4v) is 1.62. The second kappa shape index (κ2) is 16.3. The minimum atomic E-state index is 1.14. The summed E-state index contributed by atoms with van der Waals surface area (Å²) in [6.45, 7) is 8.50. The molecular weight excluding hydrogens is 276 g/mol. The minimum Gasteiger partial charge on any atom is -0.0848 e. The van der Waals surface area contributed by atoms with Crippen molar-refractivity contribution >= 4 is 0 Å². The van der Waals surface area contributed by atoms with Gasteiger partial charge >= 0.3 is 0 Å². The van der Waals surface area contributed by atoms with Crippen molar-refractivity contribution < 1.29 is 0 Å². The van der Waals surface area contributed by atoms with Crippen molar-refractivity contribution in [1.29, 1.82) is 0 Å². The number of hydrogen-bond donors (Lipinski definition) is 0. The number of benzene rings is 2. The molecule has 2 rings (SSSR count). The molecule has 2 aromatic carbocycles. The monoisotopic (exact) mass is 308 g/mol. The first-order valence-corrected chi connectivity index (χ1v) is 8.55. The van der Waals surface area contributed by atoms with E-state index in [1.807, 2.05) is 36.4 Å². The molecule has 0 aromatic heterocycles. The first-order chi connectivity index (χ1) is 11.2. The predicted molar refractivity (Wildman–Crippen MR) is 106 cm³/mol. The Balaban J connectivity index is 0.000000318. The number of rotatable bonds is 4. The number of aryl methyl sites for hydroxylation is 2. The molecule has 0 saturated heterocycles. The summed E-state index contributed by atoms with van der Waals surface area (Å²) in [5.41, 5.74) is 2.64. The third-order valence-corrected chi connectivity index (χ3v) is 2.96. The molecular formula is C23H32. The minimum absolute atomic E-state index is 1.14. The van der Waals surface area contributed by atoms with Crippen molar-refractivity contribution in [1.82, 2.24) is 0 Å². The normalized spacial score (nSPS) is 9.91. The summed E-state index contributed by atoms with van der Waals surface area (Å²) in [7, 11) is 0. The molecule has 0 fully saturated rings. The summed E-state index contributed by atoms with van der Waals surface area (Å²) in [6.07, 6.45) is 12.2. The maximum absolute atomic E-state index is 2.20. The standard InChI is InChI=1S/C9H16.2C7H8/c1-3-5-7-9-8-6-4-2;2*1-7-5-3-2-4-6-7/h5,7-9H,3-4,6H2,1-2H3;2*2-6H,1H3/b7-5-,9-8-;;. The van der Waals surface area contributed by atoms with Crippen LogP contribution < -0.4 is 0 Å². The van der Waals surface area contributed by atoms with Crippen molar-refractivity contribution in [3.63, 3.8) is 0 Å². The second-order valence-corrected chi connectivity index (χ2v) is 5.36. The van der Waals surface area contributed by atoms with Crippen molar-refractivity contribution in [2.75, 3.05) is 0 Å². The summed E-state index contributed by atoms with van der Waals surface area (Å²) in [4.78, 5) is 0. The topological polar surface area (TPSA) is 0 Å². The summed E-state index contributed by atoms with van der Waals surface area (Å²) in [5.74, 6) is 0. The maximum Gasteiger partial charge on any atom is -0.0350 e. The number of unbranched alkanes of at least 4 members (excludes halogenated alkanes) is 1. The zero-order valence-corrected chi connectivity index (χ0v) is 15.2. The molecule has 0 unspecified atom stereocenters. The van der Waals surface area contributed by atoms with Gasteiger partial charge in [-0.1, -0.05) is 116 Å². The van der Waals surface area contributed by atoms with Crippen LogP contribution in [0.5, 0.6) is 0 Å². The van der Waals surface area contributed by atoms with Crippen molar-refractivity contribution in [2.45, 2.75) is 47.0 Å². The van der Waals surface area contributed by atoms with E-state index >= 15 is 0 Å². The highest BCUT2D eigenvalue weighted by Gasteiger charge is 1.72. The van der Waals surface area contributed by atoms with Crippen LogP contribution in [0.2, 0.25) is 0 Å². The van der Waals surface area contributed by atoms with Crippen LogP contribution in [0.4, 0.5) is 0 Å². The molecule has 0 atom stereocenters. The van der Waals surface area contributed by atoms with Gasteiger partial charge in [0.05, 0.1) is 0 Å². The quantitative estimate of drug-likeness (QED) is 0.520. The van der Waals surface area contributed by atoms with E-state index in [2.05, 4.69) is 76.3 Å². The van der Waals surface area contributed by atoms with E-state index in [1.165, 1.54) is 24.0 Å². The molecule has 0 aliphatic carbocycles. The first kappa shape index (κ1) is 20.9. The van der Waals surface area contributed by atoms with Gasteiger partial charge in [0.2, 0.25) is 0 Å². The lowest BCUT2D eigenvalue weighted by molar-refractivity contribution is 0.959. The molecule has 0 radical (unpaired) electrons. The zero-order valence-electron chi connectivity index (χ0n) is 15.2. The molecule has 0 heteroatoms. The highest BCUT2D eigenvalue weighted by atomic mass is 13.8. The molecule has 0 bridgehead atoms. The van der Waals surface area contributed by atoms with Gasteiger partial charge in [-0.25, -0.2) is 0 Å². The molecule has 23 heavy (non-hydrogen) atoms. The van der Waals surface area contributed by atoms with E-state index in [1.54, 1.807) is 0 Å². The molecule has 0 heterocycles. The second-order valence-electron chi connectivity index (χ2n) is 5.36. The molecule has 0 aliphatic rings. The van der Waals surface area contributed by atoms with E-state index in [-0.39, 0.29) is 0 Å². The Morgan fingerprint density at radius 2 is 1.09 bits per heavy atom. The van der Waals surface area contributed by atoms with Crippen LogP contribution in [0.1, 0.15) is 44.2 Å². The molecule has 0 aliphatic heterocycles. The van der Waals surface area contributed by atoms with Crippen LogP contribution in [0, 0.1) is 13.8 Å². The lowest BCUT2D eigenvalue weighted by atomic mass is 10.2. The third kappa shape index (κ3) is 16.1. The lowest BCUT2D eigenvalue weighted by Crippen LogP contribution is -1.62. The summed E-state index contributed by atoms with van der Waals surface area (Å²) < 4.78 is 0. The Kier molecular flexibility index (Phi) is 14.8. The van der Waals surface area contributed by atoms with Gasteiger partial charge in [0.15, 0.2) is 0 Å². The van der Waals surface area contributed by atoms with E-state index in [0.29, 0.717) is 0 Å². The van der Waals surface area contributed by atoms with E-state index in [9.17, 15) is 0 Å². The number of hydrogen-bond acceptors (Lipinski definition) is 0. The maximum atomic E-state index is 2.20. The molecule has 0 spiro atoms. The average Bonchev–Trinajstić information content (AvgIpc) is 2.57. The molecule has 0 amide bonds. The van der Waals surface area contributed by atoms with Gasteiger partial charge in [-0.05, 0) is 26.7 Å².